The molecule has 0 unspecified atom stereocenters. The summed E-state index contributed by atoms with van der Waals surface area (Å²) in [6, 6.07) is 5.05. The first kappa shape index (κ1) is 9.83. The Morgan fingerprint density at radius 1 is 1.60 bits per heavy atom. The summed E-state index contributed by atoms with van der Waals surface area (Å²) < 4.78 is 5.08. The van der Waals surface area contributed by atoms with Crippen LogP contribution in [-0.4, -0.2) is 18.3 Å². The van der Waals surface area contributed by atoms with Crippen molar-refractivity contribution < 1.29 is 9.84 Å². The SMILES string of the molecule is COc1ccc2c(c1)[C@@H](N=[N+]=[N-])[C@@H](O)C2. The molecule has 1 N–H and O–H groups in total. The molecule has 0 aromatic heterocycles. The van der Waals surface area contributed by atoms with E-state index in [-0.39, 0.29) is 0 Å². The summed E-state index contributed by atoms with van der Waals surface area (Å²) in [5.74, 6) is 0.709. The van der Waals surface area contributed by atoms with E-state index in [1.807, 2.05) is 18.2 Å². The summed E-state index contributed by atoms with van der Waals surface area (Å²) in [6.07, 6.45) is -0.0914. The lowest BCUT2D eigenvalue weighted by molar-refractivity contribution is 0.158. The van der Waals surface area contributed by atoms with Crippen LogP contribution in [0, 0.1) is 0 Å². The first-order valence-electron chi connectivity index (χ1n) is 4.65. The third kappa shape index (κ3) is 1.63. The average molecular weight is 205 g/mol. The number of nitrogens with zero attached hydrogens (tertiary/aromatic N) is 3. The lowest BCUT2D eigenvalue weighted by Crippen LogP contribution is -2.10. The maximum Gasteiger partial charge on any atom is 0.119 e. The zero-order valence-electron chi connectivity index (χ0n) is 8.29. The Morgan fingerprint density at radius 2 is 2.40 bits per heavy atom. The van der Waals surface area contributed by atoms with Gasteiger partial charge in [-0.25, -0.2) is 0 Å². The molecule has 1 aliphatic rings. The van der Waals surface area contributed by atoms with Gasteiger partial charge in [-0.15, -0.1) is 0 Å². The van der Waals surface area contributed by atoms with Gasteiger partial charge in [0.1, 0.15) is 5.75 Å². The van der Waals surface area contributed by atoms with Crippen molar-refractivity contribution in [1.29, 1.82) is 0 Å². The molecule has 1 aliphatic carbocycles. The van der Waals surface area contributed by atoms with Crippen LogP contribution in [0.25, 0.3) is 10.4 Å². The highest BCUT2D eigenvalue weighted by molar-refractivity contribution is 5.42. The second kappa shape index (κ2) is 3.81. The molecule has 0 bridgehead atoms. The zero-order chi connectivity index (χ0) is 10.8. The van der Waals surface area contributed by atoms with Gasteiger partial charge >= 0.3 is 0 Å². The molecule has 0 heterocycles. The second-order valence-corrected chi connectivity index (χ2v) is 3.49. The number of rotatable bonds is 2. The molecule has 5 heteroatoms. The van der Waals surface area contributed by atoms with E-state index in [9.17, 15) is 5.11 Å². The van der Waals surface area contributed by atoms with Crippen LogP contribution >= 0.6 is 0 Å². The van der Waals surface area contributed by atoms with Crippen LogP contribution < -0.4 is 4.74 Å². The van der Waals surface area contributed by atoms with Gasteiger partial charge in [-0.3, -0.25) is 0 Å². The Balaban J connectivity index is 2.45. The molecule has 78 valence electrons. The van der Waals surface area contributed by atoms with Crippen molar-refractivity contribution in [2.24, 2.45) is 5.11 Å². The standard InChI is InChI=1S/C10H11N3O2/c1-15-7-3-2-6-4-9(14)10(12-13-11)8(6)5-7/h2-3,5,9-10,14H,4H2,1H3/t9-,10+/m0/s1. The molecule has 0 saturated carbocycles. The molecule has 0 spiro atoms. The van der Waals surface area contributed by atoms with Crippen LogP contribution in [0.1, 0.15) is 17.2 Å². The predicted octanol–water partition coefficient (Wildman–Crippen LogP) is 1.96. The van der Waals surface area contributed by atoms with Crippen molar-refractivity contribution in [2.75, 3.05) is 7.11 Å². The highest BCUT2D eigenvalue weighted by atomic mass is 16.5. The summed E-state index contributed by atoms with van der Waals surface area (Å²) in [5.41, 5.74) is 10.3. The first-order chi connectivity index (χ1) is 7.26. The Hall–Kier alpha value is -1.71. The van der Waals surface area contributed by atoms with E-state index in [0.717, 1.165) is 11.1 Å². The maximum absolute atomic E-state index is 9.70. The molecule has 1 aromatic rings. The van der Waals surface area contributed by atoms with Crippen molar-refractivity contribution >= 4 is 0 Å². The number of benzene rings is 1. The van der Waals surface area contributed by atoms with Crippen LogP contribution in [0.5, 0.6) is 5.75 Å². The van der Waals surface area contributed by atoms with Crippen LogP contribution in [-0.2, 0) is 6.42 Å². The molecule has 2 atom stereocenters. The molecule has 0 amide bonds. The number of methoxy groups -OCH3 is 1. The average Bonchev–Trinajstić information content (AvgIpc) is 2.55. The zero-order valence-corrected chi connectivity index (χ0v) is 8.29. The molecule has 1 aromatic carbocycles. The molecule has 0 radical (unpaired) electrons. The summed E-state index contributed by atoms with van der Waals surface area (Å²) in [5, 5.41) is 13.3. The lowest BCUT2D eigenvalue weighted by Gasteiger charge is -2.09. The molecule has 0 fully saturated rings. The quantitative estimate of drug-likeness (QED) is 0.455. The molecule has 5 nitrogen and oxygen atoms in total. The van der Waals surface area contributed by atoms with E-state index in [4.69, 9.17) is 10.3 Å². The number of hydrogen-bond donors (Lipinski definition) is 1. The third-order valence-corrected chi connectivity index (χ3v) is 2.64. The number of ether oxygens (including phenoxy) is 1. The molecular formula is C10H11N3O2. The van der Waals surface area contributed by atoms with Crippen LogP contribution in [0.3, 0.4) is 0 Å². The normalized spacial score (nSPS) is 23.1. The minimum Gasteiger partial charge on any atom is -0.497 e. The van der Waals surface area contributed by atoms with Crippen molar-refractivity contribution in [3.63, 3.8) is 0 Å². The Kier molecular flexibility index (Phi) is 2.49. The van der Waals surface area contributed by atoms with Crippen molar-refractivity contribution in [1.82, 2.24) is 0 Å². The van der Waals surface area contributed by atoms with Crippen LogP contribution in [0.15, 0.2) is 23.3 Å². The molecule has 0 saturated heterocycles. The van der Waals surface area contributed by atoms with E-state index < -0.39 is 12.1 Å². The lowest BCUT2D eigenvalue weighted by atomic mass is 10.1. The van der Waals surface area contributed by atoms with Gasteiger partial charge in [0, 0.05) is 4.91 Å². The van der Waals surface area contributed by atoms with E-state index in [2.05, 4.69) is 10.0 Å². The largest absolute Gasteiger partial charge is 0.497 e. The molecule has 2 rings (SSSR count). The number of hydrogen-bond acceptors (Lipinski definition) is 3. The van der Waals surface area contributed by atoms with Gasteiger partial charge in [0.15, 0.2) is 0 Å². The van der Waals surface area contributed by atoms with Gasteiger partial charge in [0.2, 0.25) is 0 Å². The fourth-order valence-corrected chi connectivity index (χ4v) is 1.90. The van der Waals surface area contributed by atoms with Gasteiger partial charge < -0.3 is 9.84 Å². The van der Waals surface area contributed by atoms with E-state index in [1.165, 1.54) is 0 Å². The monoisotopic (exact) mass is 205 g/mol. The van der Waals surface area contributed by atoms with E-state index in [1.54, 1.807) is 7.11 Å². The van der Waals surface area contributed by atoms with Crippen molar-refractivity contribution in [2.45, 2.75) is 18.6 Å². The predicted molar refractivity (Wildman–Crippen MR) is 54.6 cm³/mol. The number of fused-ring (bicyclic) bond motifs is 1. The molecule has 0 aliphatic heterocycles. The van der Waals surface area contributed by atoms with Crippen molar-refractivity contribution in [3.05, 3.63) is 39.8 Å². The minimum absolute atomic E-state index is 0.486. The first-order valence-corrected chi connectivity index (χ1v) is 4.65. The van der Waals surface area contributed by atoms with Gasteiger partial charge in [0.25, 0.3) is 0 Å². The van der Waals surface area contributed by atoms with Gasteiger partial charge in [-0.2, -0.15) is 0 Å². The highest BCUT2D eigenvalue weighted by Crippen LogP contribution is 2.36. The smallest absolute Gasteiger partial charge is 0.119 e. The van der Waals surface area contributed by atoms with Crippen LogP contribution in [0.2, 0.25) is 0 Å². The van der Waals surface area contributed by atoms with Crippen molar-refractivity contribution in [3.8, 4) is 5.75 Å². The van der Waals surface area contributed by atoms with Gasteiger partial charge in [-0.05, 0) is 35.2 Å². The fourth-order valence-electron chi connectivity index (χ4n) is 1.90. The Bertz CT molecular complexity index is 427. The fraction of sp³-hybridized carbons (Fsp3) is 0.400. The maximum atomic E-state index is 9.70. The topological polar surface area (TPSA) is 78.2 Å². The Labute approximate surface area is 86.9 Å². The van der Waals surface area contributed by atoms with Crippen LogP contribution in [0.4, 0.5) is 0 Å². The number of aliphatic hydroxyl groups is 1. The number of azide groups is 1. The second-order valence-electron chi connectivity index (χ2n) is 3.49. The summed E-state index contributed by atoms with van der Waals surface area (Å²) in [7, 11) is 1.58. The minimum atomic E-state index is -0.622. The summed E-state index contributed by atoms with van der Waals surface area (Å²) in [6.45, 7) is 0. The number of aliphatic hydroxyl groups excluding tert-OH is 1. The Morgan fingerprint density at radius 3 is 3.07 bits per heavy atom. The summed E-state index contributed by atoms with van der Waals surface area (Å²) in [4.78, 5) is 2.75. The van der Waals surface area contributed by atoms with E-state index in [0.29, 0.717) is 12.2 Å². The summed E-state index contributed by atoms with van der Waals surface area (Å²) >= 11 is 0. The third-order valence-electron chi connectivity index (χ3n) is 2.64. The molecular weight excluding hydrogens is 194 g/mol. The molecule has 15 heavy (non-hydrogen) atoms. The highest BCUT2D eigenvalue weighted by Gasteiger charge is 2.30. The van der Waals surface area contributed by atoms with Gasteiger partial charge in [0.05, 0.1) is 19.3 Å². The van der Waals surface area contributed by atoms with E-state index >= 15 is 0 Å². The van der Waals surface area contributed by atoms with Gasteiger partial charge in [-0.1, -0.05) is 11.2 Å².